The molecule has 100 valence electrons. The second-order valence-corrected chi connectivity index (χ2v) is 5.01. The molecule has 4 nitrogen and oxygen atoms in total. The first kappa shape index (κ1) is 11.3. The fourth-order valence-electron chi connectivity index (χ4n) is 2.99. The van der Waals surface area contributed by atoms with Crippen LogP contribution in [0.1, 0.15) is 16.7 Å². The van der Waals surface area contributed by atoms with Gasteiger partial charge in [0.15, 0.2) is 5.60 Å². The van der Waals surface area contributed by atoms with Crippen LogP contribution in [-0.2, 0) is 16.9 Å². The summed E-state index contributed by atoms with van der Waals surface area (Å²) in [5, 5.41) is 2.77. The molecule has 0 bridgehead atoms. The molecule has 20 heavy (non-hydrogen) atoms. The summed E-state index contributed by atoms with van der Waals surface area (Å²) < 4.78 is 11.6. The molecule has 4 heteroatoms. The van der Waals surface area contributed by atoms with Gasteiger partial charge in [0.25, 0.3) is 0 Å². The van der Waals surface area contributed by atoms with E-state index in [-0.39, 0.29) is 0 Å². The Labute approximate surface area is 116 Å². The van der Waals surface area contributed by atoms with E-state index in [1.807, 2.05) is 48.5 Å². The van der Waals surface area contributed by atoms with Gasteiger partial charge in [0.2, 0.25) is 0 Å². The molecule has 2 aliphatic heterocycles. The number of benzene rings is 2. The van der Waals surface area contributed by atoms with Crippen LogP contribution in [-0.4, -0.2) is 12.6 Å². The summed E-state index contributed by atoms with van der Waals surface area (Å²) in [6.07, 6.45) is -0.392. The standard InChI is InChI=1S/C16H13NO3/c18-15-17-10-16(20-15)12-6-2-1-5-11(12)9-19-14-8-4-3-7-13(14)16/h1-8H,9-10H2,(H,17,18). The number of para-hydroxylation sites is 1. The summed E-state index contributed by atoms with van der Waals surface area (Å²) in [6, 6.07) is 15.7. The van der Waals surface area contributed by atoms with E-state index in [0.717, 1.165) is 22.4 Å². The molecule has 2 aromatic rings. The number of hydrogen-bond acceptors (Lipinski definition) is 3. The van der Waals surface area contributed by atoms with Crippen LogP contribution in [0.5, 0.6) is 5.75 Å². The molecule has 0 aliphatic carbocycles. The van der Waals surface area contributed by atoms with Gasteiger partial charge in [-0.05, 0) is 11.6 Å². The molecule has 4 rings (SSSR count). The summed E-state index contributed by atoms with van der Waals surface area (Å²) in [5.41, 5.74) is 2.13. The molecule has 0 aromatic heterocycles. The molecular weight excluding hydrogens is 254 g/mol. The van der Waals surface area contributed by atoms with E-state index in [9.17, 15) is 4.79 Å². The number of rotatable bonds is 0. The molecule has 2 aromatic carbocycles. The highest BCUT2D eigenvalue weighted by molar-refractivity contribution is 5.73. The van der Waals surface area contributed by atoms with Gasteiger partial charge in [0, 0.05) is 11.1 Å². The molecule has 0 radical (unpaired) electrons. The van der Waals surface area contributed by atoms with Gasteiger partial charge in [-0.25, -0.2) is 4.79 Å². The maximum absolute atomic E-state index is 11.7. The van der Waals surface area contributed by atoms with E-state index in [0.29, 0.717) is 13.2 Å². The van der Waals surface area contributed by atoms with Crippen molar-refractivity contribution >= 4 is 6.09 Å². The van der Waals surface area contributed by atoms with Crippen molar-refractivity contribution in [3.05, 3.63) is 65.2 Å². The number of alkyl carbamates (subject to hydrolysis) is 1. The first-order valence-electron chi connectivity index (χ1n) is 6.57. The second kappa shape index (κ2) is 4.00. The number of carbonyl (C=O) groups excluding carboxylic acids is 1. The topological polar surface area (TPSA) is 47.6 Å². The van der Waals surface area contributed by atoms with Crippen LogP contribution in [0.4, 0.5) is 4.79 Å². The highest BCUT2D eigenvalue weighted by Crippen LogP contribution is 2.44. The normalized spacial score (nSPS) is 23.1. The zero-order chi connectivity index (χ0) is 13.6. The average molecular weight is 267 g/mol. The molecule has 1 N–H and O–H groups in total. The van der Waals surface area contributed by atoms with Crippen LogP contribution in [0.2, 0.25) is 0 Å². The summed E-state index contributed by atoms with van der Waals surface area (Å²) in [6.45, 7) is 0.899. The highest BCUT2D eigenvalue weighted by Gasteiger charge is 2.47. The van der Waals surface area contributed by atoms with Gasteiger partial charge >= 0.3 is 6.09 Å². The Kier molecular flexibility index (Phi) is 2.27. The molecule has 0 saturated carbocycles. The fourth-order valence-corrected chi connectivity index (χ4v) is 2.99. The summed E-state index contributed by atoms with van der Waals surface area (Å²) in [5.74, 6) is 0.764. The second-order valence-electron chi connectivity index (χ2n) is 5.01. The highest BCUT2D eigenvalue weighted by atomic mass is 16.6. The van der Waals surface area contributed by atoms with Crippen molar-refractivity contribution < 1.29 is 14.3 Å². The van der Waals surface area contributed by atoms with Crippen molar-refractivity contribution in [3.63, 3.8) is 0 Å². The Hall–Kier alpha value is -2.49. The number of amides is 1. The lowest BCUT2D eigenvalue weighted by Gasteiger charge is -2.27. The Balaban J connectivity index is 2.02. The minimum atomic E-state index is -0.791. The van der Waals surface area contributed by atoms with E-state index in [4.69, 9.17) is 9.47 Å². The van der Waals surface area contributed by atoms with Crippen molar-refractivity contribution in [3.8, 4) is 5.75 Å². The molecule has 2 aliphatic rings. The van der Waals surface area contributed by atoms with Gasteiger partial charge in [-0.3, -0.25) is 0 Å². The summed E-state index contributed by atoms with van der Waals surface area (Å²) >= 11 is 0. The molecule has 1 unspecified atom stereocenters. The first-order chi connectivity index (χ1) is 9.79. The van der Waals surface area contributed by atoms with Crippen molar-refractivity contribution in [1.82, 2.24) is 5.32 Å². The van der Waals surface area contributed by atoms with Crippen LogP contribution in [0, 0.1) is 0 Å². The van der Waals surface area contributed by atoms with E-state index >= 15 is 0 Å². The van der Waals surface area contributed by atoms with Crippen LogP contribution in [0.15, 0.2) is 48.5 Å². The number of ether oxygens (including phenoxy) is 2. The van der Waals surface area contributed by atoms with Crippen molar-refractivity contribution in [2.75, 3.05) is 6.54 Å². The predicted octanol–water partition coefficient (Wildman–Crippen LogP) is 2.56. The molecule has 1 saturated heterocycles. The average Bonchev–Trinajstić information content (AvgIpc) is 2.82. The monoisotopic (exact) mass is 267 g/mol. The van der Waals surface area contributed by atoms with Gasteiger partial charge in [-0.15, -0.1) is 0 Å². The minimum absolute atomic E-state index is 0.392. The zero-order valence-corrected chi connectivity index (χ0v) is 10.8. The molecular formula is C16H13NO3. The van der Waals surface area contributed by atoms with Crippen molar-refractivity contribution in [2.45, 2.75) is 12.2 Å². The fraction of sp³-hybridized carbons (Fsp3) is 0.188. The summed E-state index contributed by atoms with van der Waals surface area (Å²) in [4.78, 5) is 11.7. The van der Waals surface area contributed by atoms with Gasteiger partial charge in [-0.1, -0.05) is 42.5 Å². The third kappa shape index (κ3) is 1.45. The lowest BCUT2D eigenvalue weighted by molar-refractivity contribution is 0.0865. The Morgan fingerprint density at radius 2 is 1.75 bits per heavy atom. The van der Waals surface area contributed by atoms with Gasteiger partial charge in [-0.2, -0.15) is 0 Å². The van der Waals surface area contributed by atoms with Crippen molar-refractivity contribution in [1.29, 1.82) is 0 Å². The number of nitrogens with one attached hydrogen (secondary N) is 1. The maximum Gasteiger partial charge on any atom is 0.408 e. The van der Waals surface area contributed by atoms with E-state index in [2.05, 4.69) is 5.32 Å². The van der Waals surface area contributed by atoms with Crippen LogP contribution >= 0.6 is 0 Å². The lowest BCUT2D eigenvalue weighted by atomic mass is 9.84. The third-order valence-electron chi connectivity index (χ3n) is 3.91. The Morgan fingerprint density at radius 3 is 2.55 bits per heavy atom. The lowest BCUT2D eigenvalue weighted by Crippen LogP contribution is -2.32. The first-order valence-corrected chi connectivity index (χ1v) is 6.57. The van der Waals surface area contributed by atoms with Gasteiger partial charge < -0.3 is 14.8 Å². The molecule has 2 heterocycles. The van der Waals surface area contributed by atoms with Crippen LogP contribution in [0.3, 0.4) is 0 Å². The number of fused-ring (bicyclic) bond motifs is 4. The largest absolute Gasteiger partial charge is 0.488 e. The SMILES string of the molecule is O=C1NCC2(O1)c1ccccc1COc1ccccc12. The van der Waals surface area contributed by atoms with Crippen molar-refractivity contribution in [2.24, 2.45) is 0 Å². The van der Waals surface area contributed by atoms with E-state index < -0.39 is 11.7 Å². The number of hydrogen-bond donors (Lipinski definition) is 1. The zero-order valence-electron chi connectivity index (χ0n) is 10.8. The smallest absolute Gasteiger partial charge is 0.408 e. The van der Waals surface area contributed by atoms with E-state index in [1.54, 1.807) is 0 Å². The van der Waals surface area contributed by atoms with Crippen LogP contribution < -0.4 is 10.1 Å². The Bertz CT molecular complexity index is 648. The third-order valence-corrected chi connectivity index (χ3v) is 3.91. The summed E-state index contributed by atoms with van der Waals surface area (Å²) in [7, 11) is 0. The molecule has 1 spiro atoms. The quantitative estimate of drug-likeness (QED) is 0.798. The molecule has 1 atom stereocenters. The minimum Gasteiger partial charge on any atom is -0.488 e. The number of carbonyl (C=O) groups is 1. The molecule has 1 fully saturated rings. The molecule has 1 amide bonds. The van der Waals surface area contributed by atoms with Gasteiger partial charge in [0.1, 0.15) is 12.4 Å². The van der Waals surface area contributed by atoms with Crippen LogP contribution in [0.25, 0.3) is 0 Å². The predicted molar refractivity (Wildman–Crippen MR) is 72.5 cm³/mol. The van der Waals surface area contributed by atoms with E-state index in [1.165, 1.54) is 0 Å². The Morgan fingerprint density at radius 1 is 1.00 bits per heavy atom. The van der Waals surface area contributed by atoms with Gasteiger partial charge in [0.05, 0.1) is 6.54 Å². The maximum atomic E-state index is 11.7.